The maximum absolute atomic E-state index is 10.7. The molecular weight excluding hydrogens is 346 g/mol. The Kier molecular flexibility index (Phi) is 4.76. The van der Waals surface area contributed by atoms with E-state index >= 15 is 0 Å². The molecule has 0 saturated carbocycles. The van der Waals surface area contributed by atoms with Crippen molar-refractivity contribution in [2.24, 2.45) is 0 Å². The zero-order valence-corrected chi connectivity index (χ0v) is 13.8. The molecule has 25 heavy (non-hydrogen) atoms. The Bertz CT molecular complexity index is 918. The summed E-state index contributed by atoms with van der Waals surface area (Å²) in [6, 6.07) is 13.2. The number of nitro benzene ring substituents is 1. The molecule has 0 aliphatic heterocycles. The molecule has 3 aromatic rings. The average Bonchev–Trinajstić information content (AvgIpc) is 3.12. The Morgan fingerprint density at radius 3 is 2.48 bits per heavy atom. The van der Waals surface area contributed by atoms with Gasteiger partial charge in [0, 0.05) is 17.7 Å². The van der Waals surface area contributed by atoms with E-state index in [1.54, 1.807) is 49.6 Å². The lowest BCUT2D eigenvalue weighted by atomic mass is 10.2. The van der Waals surface area contributed by atoms with Crippen molar-refractivity contribution in [1.82, 2.24) is 10.1 Å². The van der Waals surface area contributed by atoms with Crippen LogP contribution in [0.3, 0.4) is 0 Å². The smallest absolute Gasteiger partial charge is 0.269 e. The van der Waals surface area contributed by atoms with E-state index in [0.29, 0.717) is 11.4 Å². The van der Waals surface area contributed by atoms with Gasteiger partial charge in [-0.2, -0.15) is 4.98 Å². The maximum Gasteiger partial charge on any atom is 0.269 e. The van der Waals surface area contributed by atoms with E-state index in [1.165, 1.54) is 12.1 Å². The van der Waals surface area contributed by atoms with Crippen molar-refractivity contribution < 1.29 is 14.2 Å². The van der Waals surface area contributed by atoms with Crippen molar-refractivity contribution in [1.29, 1.82) is 0 Å². The standard InChI is InChI=1S/C17H12ClN3O4/c1-24-14-8-4-12(5-9-14)16-19-17(25-20-16)15(18)10-11-2-6-13(7-3-11)21(22)23/h2-10H,1H3/b15-10-. The summed E-state index contributed by atoms with van der Waals surface area (Å²) in [6.07, 6.45) is 1.59. The molecule has 8 heteroatoms. The van der Waals surface area contributed by atoms with Crippen LogP contribution in [0.4, 0.5) is 5.69 Å². The predicted molar refractivity (Wildman–Crippen MR) is 93.1 cm³/mol. The summed E-state index contributed by atoms with van der Waals surface area (Å²) in [7, 11) is 1.59. The first-order chi connectivity index (χ1) is 12.1. The highest BCUT2D eigenvalue weighted by Gasteiger charge is 2.12. The summed E-state index contributed by atoms with van der Waals surface area (Å²) in [5, 5.41) is 14.8. The number of rotatable bonds is 5. The van der Waals surface area contributed by atoms with Gasteiger partial charge in [-0.1, -0.05) is 16.8 Å². The third kappa shape index (κ3) is 3.84. The van der Waals surface area contributed by atoms with Crippen LogP contribution >= 0.6 is 11.6 Å². The number of benzene rings is 2. The van der Waals surface area contributed by atoms with E-state index in [0.717, 1.165) is 11.3 Å². The summed E-state index contributed by atoms with van der Waals surface area (Å²) in [5.74, 6) is 1.28. The first-order valence-electron chi connectivity index (χ1n) is 7.17. The number of methoxy groups -OCH3 is 1. The molecule has 0 amide bonds. The number of ether oxygens (including phenoxy) is 1. The van der Waals surface area contributed by atoms with Crippen LogP contribution in [0.5, 0.6) is 5.75 Å². The molecule has 0 aliphatic rings. The second-order valence-corrected chi connectivity index (χ2v) is 5.40. The van der Waals surface area contributed by atoms with E-state index in [4.69, 9.17) is 20.9 Å². The molecule has 3 rings (SSSR count). The first kappa shape index (κ1) is 16.7. The third-order valence-electron chi connectivity index (χ3n) is 3.38. The quantitative estimate of drug-likeness (QED) is 0.496. The molecule has 0 N–H and O–H groups in total. The SMILES string of the molecule is COc1ccc(-c2noc(/C(Cl)=C/c3ccc([N+](=O)[O-])cc3)n2)cc1. The number of aromatic nitrogens is 2. The summed E-state index contributed by atoms with van der Waals surface area (Å²) in [4.78, 5) is 14.4. The second-order valence-electron chi connectivity index (χ2n) is 4.99. The van der Waals surface area contributed by atoms with Gasteiger partial charge < -0.3 is 9.26 Å². The van der Waals surface area contributed by atoms with Crippen molar-refractivity contribution in [3.63, 3.8) is 0 Å². The third-order valence-corrected chi connectivity index (χ3v) is 3.65. The fourth-order valence-corrected chi connectivity index (χ4v) is 2.28. The molecule has 7 nitrogen and oxygen atoms in total. The largest absolute Gasteiger partial charge is 0.497 e. The zero-order valence-electron chi connectivity index (χ0n) is 13.0. The fourth-order valence-electron chi connectivity index (χ4n) is 2.08. The highest BCUT2D eigenvalue weighted by atomic mass is 35.5. The van der Waals surface area contributed by atoms with Crippen LogP contribution in [0.15, 0.2) is 53.1 Å². The Hall–Kier alpha value is -3.19. The number of nitrogens with zero attached hydrogens (tertiary/aromatic N) is 3. The van der Waals surface area contributed by atoms with E-state index < -0.39 is 4.92 Å². The van der Waals surface area contributed by atoms with E-state index in [9.17, 15) is 10.1 Å². The molecular formula is C17H12ClN3O4. The monoisotopic (exact) mass is 357 g/mol. The Morgan fingerprint density at radius 1 is 1.20 bits per heavy atom. The molecule has 2 aromatic carbocycles. The van der Waals surface area contributed by atoms with E-state index in [2.05, 4.69) is 10.1 Å². The minimum Gasteiger partial charge on any atom is -0.497 e. The lowest BCUT2D eigenvalue weighted by Crippen LogP contribution is -1.87. The minimum absolute atomic E-state index is 0.00727. The number of halogens is 1. The summed E-state index contributed by atoms with van der Waals surface area (Å²) >= 11 is 6.20. The molecule has 0 spiro atoms. The van der Waals surface area contributed by atoms with Gasteiger partial charge in [0.15, 0.2) is 0 Å². The van der Waals surface area contributed by atoms with Crippen LogP contribution in [0.2, 0.25) is 0 Å². The number of non-ortho nitro benzene ring substituents is 1. The van der Waals surface area contributed by atoms with Crippen molar-refractivity contribution in [3.8, 4) is 17.1 Å². The molecule has 0 atom stereocenters. The molecule has 0 saturated heterocycles. The second kappa shape index (κ2) is 7.14. The molecule has 0 bridgehead atoms. The van der Waals surface area contributed by atoms with Crippen LogP contribution in [0.25, 0.3) is 22.5 Å². The lowest BCUT2D eigenvalue weighted by Gasteiger charge is -1.98. The summed E-state index contributed by atoms with van der Waals surface area (Å²) in [6.45, 7) is 0. The molecule has 0 unspecified atom stereocenters. The van der Waals surface area contributed by atoms with Gasteiger partial charge in [-0.05, 0) is 48.0 Å². The van der Waals surface area contributed by atoms with Gasteiger partial charge in [-0.25, -0.2) is 0 Å². The lowest BCUT2D eigenvalue weighted by molar-refractivity contribution is -0.384. The summed E-state index contributed by atoms with van der Waals surface area (Å²) < 4.78 is 10.3. The highest BCUT2D eigenvalue weighted by molar-refractivity contribution is 6.50. The Labute approximate surface area is 147 Å². The van der Waals surface area contributed by atoms with Crippen LogP contribution in [-0.2, 0) is 0 Å². The molecule has 0 fully saturated rings. The van der Waals surface area contributed by atoms with Crippen molar-refractivity contribution in [3.05, 3.63) is 70.1 Å². The topological polar surface area (TPSA) is 91.3 Å². The van der Waals surface area contributed by atoms with Gasteiger partial charge in [-0.3, -0.25) is 10.1 Å². The van der Waals surface area contributed by atoms with Crippen LogP contribution < -0.4 is 4.74 Å². The number of nitro groups is 1. The van der Waals surface area contributed by atoms with Crippen LogP contribution in [0.1, 0.15) is 11.5 Å². The zero-order chi connectivity index (χ0) is 17.8. The summed E-state index contributed by atoms with van der Waals surface area (Å²) in [5.41, 5.74) is 1.45. The molecule has 126 valence electrons. The van der Waals surface area contributed by atoms with Crippen molar-refractivity contribution >= 4 is 28.4 Å². The average molecular weight is 358 g/mol. The predicted octanol–water partition coefficient (Wildman–Crippen LogP) is 4.39. The number of hydrogen-bond acceptors (Lipinski definition) is 6. The van der Waals surface area contributed by atoms with Crippen molar-refractivity contribution in [2.45, 2.75) is 0 Å². The maximum atomic E-state index is 10.7. The van der Waals surface area contributed by atoms with Gasteiger partial charge in [0.25, 0.3) is 11.6 Å². The Balaban J connectivity index is 1.81. The normalized spacial score (nSPS) is 11.4. The number of hydrogen-bond donors (Lipinski definition) is 0. The van der Waals surface area contributed by atoms with Crippen LogP contribution in [-0.4, -0.2) is 22.2 Å². The molecule has 1 heterocycles. The van der Waals surface area contributed by atoms with Gasteiger partial charge in [0.2, 0.25) is 5.82 Å². The molecule has 0 radical (unpaired) electrons. The van der Waals surface area contributed by atoms with E-state index in [1.807, 2.05) is 0 Å². The Morgan fingerprint density at radius 2 is 1.88 bits per heavy atom. The fraction of sp³-hybridized carbons (Fsp3) is 0.0588. The van der Waals surface area contributed by atoms with Crippen LogP contribution in [0, 0.1) is 10.1 Å². The first-order valence-corrected chi connectivity index (χ1v) is 7.55. The van der Waals surface area contributed by atoms with Crippen molar-refractivity contribution in [2.75, 3.05) is 7.11 Å². The van der Waals surface area contributed by atoms with Gasteiger partial charge in [0.1, 0.15) is 10.8 Å². The molecule has 0 aliphatic carbocycles. The minimum atomic E-state index is -0.464. The highest BCUT2D eigenvalue weighted by Crippen LogP contribution is 2.25. The molecule has 1 aromatic heterocycles. The van der Waals surface area contributed by atoms with Gasteiger partial charge in [0.05, 0.1) is 12.0 Å². The van der Waals surface area contributed by atoms with E-state index in [-0.39, 0.29) is 16.6 Å². The van der Waals surface area contributed by atoms with Gasteiger partial charge in [-0.15, -0.1) is 0 Å². The van der Waals surface area contributed by atoms with Gasteiger partial charge >= 0.3 is 0 Å².